The molecule has 0 amide bonds. The standard InChI is InChI=1S/C5H4ClNO2/c6-4(2-8)5-1-7-3-9-5/h1-4H. The molecule has 0 bridgehead atoms. The third-order valence-electron chi connectivity index (χ3n) is 0.843. The second-order valence-electron chi connectivity index (χ2n) is 1.44. The molecule has 0 N–H and O–H groups in total. The molecule has 1 unspecified atom stereocenters. The van der Waals surface area contributed by atoms with Gasteiger partial charge in [-0.1, -0.05) is 0 Å². The van der Waals surface area contributed by atoms with E-state index in [-0.39, 0.29) is 0 Å². The lowest BCUT2D eigenvalue weighted by molar-refractivity contribution is -0.107. The van der Waals surface area contributed by atoms with Crippen molar-refractivity contribution in [1.29, 1.82) is 0 Å². The molecule has 4 heteroatoms. The molecule has 0 aromatic carbocycles. The van der Waals surface area contributed by atoms with Crippen LogP contribution in [0.25, 0.3) is 0 Å². The highest BCUT2D eigenvalue weighted by Gasteiger charge is 2.07. The quantitative estimate of drug-likeness (QED) is 0.463. The van der Waals surface area contributed by atoms with Crippen LogP contribution in [0.1, 0.15) is 11.1 Å². The van der Waals surface area contributed by atoms with Crippen LogP contribution in [0.4, 0.5) is 0 Å². The lowest BCUT2D eigenvalue weighted by Gasteiger charge is -1.89. The molecule has 0 aliphatic rings. The molecule has 1 aromatic heterocycles. The van der Waals surface area contributed by atoms with Gasteiger partial charge in [-0.2, -0.15) is 0 Å². The highest BCUT2D eigenvalue weighted by Crippen LogP contribution is 2.15. The van der Waals surface area contributed by atoms with Crippen LogP contribution in [-0.4, -0.2) is 11.3 Å². The first-order valence-electron chi connectivity index (χ1n) is 2.32. The summed E-state index contributed by atoms with van der Waals surface area (Å²) in [6.07, 6.45) is 3.22. The summed E-state index contributed by atoms with van der Waals surface area (Å²) in [5, 5.41) is -0.701. The molecule has 1 heterocycles. The summed E-state index contributed by atoms with van der Waals surface area (Å²) in [6.45, 7) is 0. The number of carbonyl (C=O) groups excluding carboxylic acids is 1. The fraction of sp³-hybridized carbons (Fsp3) is 0.200. The number of nitrogens with zero attached hydrogens (tertiary/aromatic N) is 1. The van der Waals surface area contributed by atoms with Crippen molar-refractivity contribution in [2.45, 2.75) is 5.38 Å². The SMILES string of the molecule is O=CC(Cl)c1cnco1. The molecule has 0 saturated carbocycles. The molecular formula is C5H4ClNO2. The second-order valence-corrected chi connectivity index (χ2v) is 1.91. The maximum Gasteiger partial charge on any atom is 0.180 e. The first kappa shape index (κ1) is 6.29. The van der Waals surface area contributed by atoms with E-state index in [4.69, 9.17) is 16.0 Å². The number of oxazole rings is 1. The van der Waals surface area contributed by atoms with Crippen LogP contribution in [-0.2, 0) is 4.79 Å². The molecule has 3 nitrogen and oxygen atoms in total. The molecule has 1 rings (SSSR count). The van der Waals surface area contributed by atoms with E-state index in [9.17, 15) is 4.79 Å². The van der Waals surface area contributed by atoms with Gasteiger partial charge in [0.05, 0.1) is 6.20 Å². The number of carbonyl (C=O) groups is 1. The van der Waals surface area contributed by atoms with Gasteiger partial charge in [0.1, 0.15) is 17.4 Å². The van der Waals surface area contributed by atoms with Crippen molar-refractivity contribution < 1.29 is 9.21 Å². The zero-order chi connectivity index (χ0) is 6.69. The molecule has 0 fully saturated rings. The topological polar surface area (TPSA) is 43.1 Å². The van der Waals surface area contributed by atoms with Crippen LogP contribution in [0.3, 0.4) is 0 Å². The molecule has 0 spiro atoms. The van der Waals surface area contributed by atoms with E-state index in [0.29, 0.717) is 12.0 Å². The maximum absolute atomic E-state index is 9.98. The number of hydrogen-bond donors (Lipinski definition) is 0. The van der Waals surface area contributed by atoms with Gasteiger partial charge in [0, 0.05) is 0 Å². The smallest absolute Gasteiger partial charge is 0.180 e. The first-order valence-corrected chi connectivity index (χ1v) is 2.76. The molecule has 9 heavy (non-hydrogen) atoms. The van der Waals surface area contributed by atoms with E-state index in [2.05, 4.69) is 4.98 Å². The summed E-state index contributed by atoms with van der Waals surface area (Å²) in [4.78, 5) is 13.6. The highest BCUT2D eigenvalue weighted by molar-refractivity contribution is 6.27. The third kappa shape index (κ3) is 1.29. The molecule has 0 saturated heterocycles. The number of halogens is 1. The van der Waals surface area contributed by atoms with E-state index in [1.54, 1.807) is 0 Å². The Bertz CT molecular complexity index is 185. The Kier molecular flexibility index (Phi) is 1.85. The Balaban J connectivity index is 2.76. The van der Waals surface area contributed by atoms with Crippen molar-refractivity contribution in [3.05, 3.63) is 18.4 Å². The molecule has 0 aliphatic heterocycles. The van der Waals surface area contributed by atoms with Crippen molar-refractivity contribution in [1.82, 2.24) is 4.98 Å². The Labute approximate surface area is 56.6 Å². The predicted molar refractivity (Wildman–Crippen MR) is 31.2 cm³/mol. The number of aromatic nitrogens is 1. The van der Waals surface area contributed by atoms with Crippen molar-refractivity contribution in [2.75, 3.05) is 0 Å². The highest BCUT2D eigenvalue weighted by atomic mass is 35.5. The minimum atomic E-state index is -0.701. The minimum absolute atomic E-state index is 0.381. The molecule has 48 valence electrons. The molecule has 1 aromatic rings. The number of rotatable bonds is 2. The van der Waals surface area contributed by atoms with Crippen molar-refractivity contribution in [3.63, 3.8) is 0 Å². The molecule has 0 aliphatic carbocycles. The Morgan fingerprint density at radius 3 is 3.11 bits per heavy atom. The van der Waals surface area contributed by atoms with E-state index in [0.717, 1.165) is 0 Å². The van der Waals surface area contributed by atoms with Gasteiger partial charge in [-0.05, 0) is 0 Å². The zero-order valence-corrected chi connectivity index (χ0v) is 5.21. The second kappa shape index (κ2) is 2.64. The van der Waals surface area contributed by atoms with Gasteiger partial charge in [0.2, 0.25) is 0 Å². The normalized spacial score (nSPS) is 13.0. The van der Waals surface area contributed by atoms with Crippen molar-refractivity contribution >= 4 is 17.9 Å². The molecule has 1 atom stereocenters. The van der Waals surface area contributed by atoms with Crippen LogP contribution in [0.5, 0.6) is 0 Å². The lowest BCUT2D eigenvalue weighted by Crippen LogP contribution is -1.86. The van der Waals surface area contributed by atoms with Gasteiger partial charge in [-0.3, -0.25) is 0 Å². The Morgan fingerprint density at radius 2 is 2.67 bits per heavy atom. The maximum atomic E-state index is 9.98. The van der Waals surface area contributed by atoms with E-state index in [1.165, 1.54) is 12.6 Å². The fourth-order valence-electron chi connectivity index (χ4n) is 0.429. The summed E-state index contributed by atoms with van der Waals surface area (Å²) in [6, 6.07) is 0. The summed E-state index contributed by atoms with van der Waals surface area (Å²) < 4.78 is 4.71. The van der Waals surface area contributed by atoms with Crippen LogP contribution in [0, 0.1) is 0 Å². The van der Waals surface area contributed by atoms with E-state index >= 15 is 0 Å². The van der Waals surface area contributed by atoms with Gasteiger partial charge in [-0.15, -0.1) is 11.6 Å². The van der Waals surface area contributed by atoms with E-state index in [1.807, 2.05) is 0 Å². The van der Waals surface area contributed by atoms with Crippen LogP contribution in [0.2, 0.25) is 0 Å². The Hall–Kier alpha value is -0.830. The number of hydrogen-bond acceptors (Lipinski definition) is 3. The molecular weight excluding hydrogens is 142 g/mol. The fourth-order valence-corrected chi connectivity index (χ4v) is 0.537. The summed E-state index contributed by atoms with van der Waals surface area (Å²) in [5.41, 5.74) is 0. The van der Waals surface area contributed by atoms with Crippen molar-refractivity contribution in [3.8, 4) is 0 Å². The monoisotopic (exact) mass is 145 g/mol. The van der Waals surface area contributed by atoms with Crippen molar-refractivity contribution in [2.24, 2.45) is 0 Å². The van der Waals surface area contributed by atoms with Crippen LogP contribution < -0.4 is 0 Å². The lowest BCUT2D eigenvalue weighted by atomic mass is 10.4. The average Bonchev–Trinajstić information content (AvgIpc) is 2.37. The predicted octanol–water partition coefficient (Wildman–Crippen LogP) is 1.15. The zero-order valence-electron chi connectivity index (χ0n) is 4.45. The largest absolute Gasteiger partial charge is 0.446 e. The van der Waals surface area contributed by atoms with Gasteiger partial charge < -0.3 is 9.21 Å². The van der Waals surface area contributed by atoms with Gasteiger partial charge in [-0.25, -0.2) is 4.98 Å². The number of aldehydes is 1. The third-order valence-corrected chi connectivity index (χ3v) is 1.16. The summed E-state index contributed by atoms with van der Waals surface area (Å²) in [7, 11) is 0. The summed E-state index contributed by atoms with van der Waals surface area (Å²) >= 11 is 5.43. The summed E-state index contributed by atoms with van der Waals surface area (Å²) in [5.74, 6) is 0.381. The average molecular weight is 146 g/mol. The van der Waals surface area contributed by atoms with Gasteiger partial charge in [0.15, 0.2) is 6.39 Å². The van der Waals surface area contributed by atoms with Crippen LogP contribution in [0.15, 0.2) is 17.0 Å². The van der Waals surface area contributed by atoms with Gasteiger partial charge >= 0.3 is 0 Å². The van der Waals surface area contributed by atoms with Gasteiger partial charge in [0.25, 0.3) is 0 Å². The minimum Gasteiger partial charge on any atom is -0.446 e. The van der Waals surface area contributed by atoms with Crippen LogP contribution >= 0.6 is 11.6 Å². The Morgan fingerprint density at radius 1 is 1.89 bits per heavy atom. The molecule has 0 radical (unpaired) electrons. The number of alkyl halides is 1. The van der Waals surface area contributed by atoms with E-state index < -0.39 is 5.38 Å². The first-order chi connectivity index (χ1) is 4.34.